The zero-order chi connectivity index (χ0) is 11.9. The van der Waals surface area contributed by atoms with E-state index in [9.17, 15) is 0 Å². The Bertz CT molecular complexity index is 316. The molecule has 0 atom stereocenters. The summed E-state index contributed by atoms with van der Waals surface area (Å²) < 4.78 is 0. The molecular weight excluding hydrogens is 228 g/mol. The summed E-state index contributed by atoms with van der Waals surface area (Å²) in [5, 5.41) is 5.78. The normalized spacial score (nSPS) is 16.8. The Morgan fingerprint density at radius 3 is 2.94 bits per heavy atom. The number of hydrogen-bond acceptors (Lipinski definition) is 3. The van der Waals surface area contributed by atoms with Gasteiger partial charge in [-0.3, -0.25) is 0 Å². The smallest absolute Gasteiger partial charge is 0.0302 e. The monoisotopic (exact) mass is 252 g/mol. The van der Waals surface area contributed by atoms with E-state index in [0.29, 0.717) is 0 Å². The Hall–Kier alpha value is -0.380. The van der Waals surface area contributed by atoms with E-state index in [-0.39, 0.29) is 0 Å². The molecule has 0 radical (unpaired) electrons. The van der Waals surface area contributed by atoms with Gasteiger partial charge in [-0.1, -0.05) is 6.92 Å². The van der Waals surface area contributed by atoms with Crippen LogP contribution in [0.2, 0.25) is 0 Å². The fraction of sp³-hybridized carbons (Fsp3) is 0.714. The maximum absolute atomic E-state index is 3.57. The lowest BCUT2D eigenvalue weighted by molar-refractivity contribution is 0.331. The number of nitrogens with zero attached hydrogens (tertiary/aromatic N) is 1. The lowest BCUT2D eigenvalue weighted by Gasteiger charge is -2.14. The van der Waals surface area contributed by atoms with Crippen molar-refractivity contribution in [2.75, 3.05) is 26.2 Å². The third kappa shape index (κ3) is 4.09. The molecule has 3 heteroatoms. The summed E-state index contributed by atoms with van der Waals surface area (Å²) in [4.78, 5) is 4.11. The zero-order valence-corrected chi connectivity index (χ0v) is 11.7. The average molecular weight is 252 g/mol. The summed E-state index contributed by atoms with van der Waals surface area (Å²) in [6.45, 7) is 8.37. The van der Waals surface area contributed by atoms with Crippen molar-refractivity contribution in [2.45, 2.75) is 39.2 Å². The molecule has 1 aliphatic heterocycles. The van der Waals surface area contributed by atoms with Gasteiger partial charge in [-0.05, 0) is 68.9 Å². The maximum atomic E-state index is 3.57. The number of thiophene rings is 1. The molecule has 1 aromatic heterocycles. The molecule has 0 spiro atoms. The fourth-order valence-corrected chi connectivity index (χ4v) is 3.42. The van der Waals surface area contributed by atoms with Crippen LogP contribution in [-0.4, -0.2) is 31.1 Å². The Morgan fingerprint density at radius 1 is 1.35 bits per heavy atom. The minimum Gasteiger partial charge on any atom is -0.312 e. The minimum absolute atomic E-state index is 1.06. The van der Waals surface area contributed by atoms with Crippen molar-refractivity contribution in [1.29, 1.82) is 0 Å². The minimum atomic E-state index is 1.06. The highest BCUT2D eigenvalue weighted by atomic mass is 32.1. The Balaban J connectivity index is 1.56. The predicted molar refractivity (Wildman–Crippen MR) is 75.7 cm³/mol. The van der Waals surface area contributed by atoms with E-state index >= 15 is 0 Å². The van der Waals surface area contributed by atoms with Crippen LogP contribution in [0.3, 0.4) is 0 Å². The van der Waals surface area contributed by atoms with Gasteiger partial charge in [0.1, 0.15) is 0 Å². The molecule has 0 unspecified atom stereocenters. The van der Waals surface area contributed by atoms with Crippen LogP contribution < -0.4 is 5.32 Å². The van der Waals surface area contributed by atoms with Gasteiger partial charge in [0.15, 0.2) is 0 Å². The SMILES string of the molecule is CCc1ccsc1CNCCCN1CCCC1. The van der Waals surface area contributed by atoms with Gasteiger partial charge in [-0.2, -0.15) is 0 Å². The number of aryl methyl sites for hydroxylation is 1. The molecular formula is C14H24N2S. The first-order chi connectivity index (χ1) is 8.40. The van der Waals surface area contributed by atoms with Gasteiger partial charge in [-0.15, -0.1) is 11.3 Å². The summed E-state index contributed by atoms with van der Waals surface area (Å²) in [5.41, 5.74) is 1.52. The summed E-state index contributed by atoms with van der Waals surface area (Å²) in [5.74, 6) is 0. The highest BCUT2D eigenvalue weighted by molar-refractivity contribution is 7.10. The molecule has 0 aromatic carbocycles. The Kier molecular flexibility index (Phi) is 5.49. The molecule has 17 heavy (non-hydrogen) atoms. The Labute approximate surface area is 109 Å². The number of nitrogens with one attached hydrogen (secondary N) is 1. The molecule has 1 fully saturated rings. The van der Waals surface area contributed by atoms with Crippen molar-refractivity contribution in [1.82, 2.24) is 10.2 Å². The van der Waals surface area contributed by atoms with Crippen molar-refractivity contribution < 1.29 is 0 Å². The predicted octanol–water partition coefficient (Wildman–Crippen LogP) is 2.89. The summed E-state index contributed by atoms with van der Waals surface area (Å²) in [6.07, 6.45) is 5.26. The molecule has 0 bridgehead atoms. The van der Waals surface area contributed by atoms with Gasteiger partial charge in [-0.25, -0.2) is 0 Å². The van der Waals surface area contributed by atoms with Crippen molar-refractivity contribution in [2.24, 2.45) is 0 Å². The van der Waals surface area contributed by atoms with Crippen LogP contribution in [0.4, 0.5) is 0 Å². The van der Waals surface area contributed by atoms with Crippen LogP contribution >= 0.6 is 11.3 Å². The molecule has 1 aromatic rings. The summed E-state index contributed by atoms with van der Waals surface area (Å²) in [7, 11) is 0. The van der Waals surface area contributed by atoms with Crippen molar-refractivity contribution in [3.05, 3.63) is 21.9 Å². The quantitative estimate of drug-likeness (QED) is 0.751. The summed E-state index contributed by atoms with van der Waals surface area (Å²) >= 11 is 1.88. The number of hydrogen-bond donors (Lipinski definition) is 1. The highest BCUT2D eigenvalue weighted by Gasteiger charge is 2.10. The van der Waals surface area contributed by atoms with Crippen LogP contribution in [0.5, 0.6) is 0 Å². The molecule has 2 heterocycles. The van der Waals surface area contributed by atoms with E-state index < -0.39 is 0 Å². The van der Waals surface area contributed by atoms with Gasteiger partial charge in [0.05, 0.1) is 0 Å². The topological polar surface area (TPSA) is 15.3 Å². The van der Waals surface area contributed by atoms with Gasteiger partial charge in [0.25, 0.3) is 0 Å². The van der Waals surface area contributed by atoms with Crippen LogP contribution in [0.25, 0.3) is 0 Å². The van der Waals surface area contributed by atoms with E-state index in [0.717, 1.165) is 19.5 Å². The second kappa shape index (κ2) is 7.14. The molecule has 96 valence electrons. The lowest BCUT2D eigenvalue weighted by Crippen LogP contribution is -2.24. The van der Waals surface area contributed by atoms with Gasteiger partial charge in [0.2, 0.25) is 0 Å². The van der Waals surface area contributed by atoms with Crippen molar-refractivity contribution in [3.8, 4) is 0 Å². The first-order valence-electron chi connectivity index (χ1n) is 6.88. The van der Waals surface area contributed by atoms with Crippen LogP contribution in [0, 0.1) is 0 Å². The van der Waals surface area contributed by atoms with Crippen LogP contribution in [0.15, 0.2) is 11.4 Å². The molecule has 1 aliphatic rings. The van der Waals surface area contributed by atoms with Gasteiger partial charge in [0, 0.05) is 11.4 Å². The van der Waals surface area contributed by atoms with E-state index in [1.54, 1.807) is 0 Å². The van der Waals surface area contributed by atoms with Crippen molar-refractivity contribution >= 4 is 11.3 Å². The highest BCUT2D eigenvalue weighted by Crippen LogP contribution is 2.16. The van der Waals surface area contributed by atoms with Crippen molar-refractivity contribution in [3.63, 3.8) is 0 Å². The van der Waals surface area contributed by atoms with E-state index in [1.165, 1.54) is 49.3 Å². The third-order valence-electron chi connectivity index (χ3n) is 3.53. The van der Waals surface area contributed by atoms with E-state index in [2.05, 4.69) is 28.6 Å². The van der Waals surface area contributed by atoms with Crippen LogP contribution in [0.1, 0.15) is 36.6 Å². The first kappa shape index (κ1) is 13.1. The van der Waals surface area contributed by atoms with Gasteiger partial charge >= 0.3 is 0 Å². The van der Waals surface area contributed by atoms with E-state index in [4.69, 9.17) is 0 Å². The standard InChI is InChI=1S/C14H24N2S/c1-2-13-6-11-17-14(13)12-15-7-5-10-16-8-3-4-9-16/h6,11,15H,2-5,7-10,12H2,1H3. The molecule has 1 N–H and O–H groups in total. The largest absolute Gasteiger partial charge is 0.312 e. The fourth-order valence-electron chi connectivity index (χ4n) is 2.47. The second-order valence-electron chi connectivity index (χ2n) is 4.80. The maximum Gasteiger partial charge on any atom is 0.0302 e. The van der Waals surface area contributed by atoms with Crippen LogP contribution in [-0.2, 0) is 13.0 Å². The summed E-state index contributed by atoms with van der Waals surface area (Å²) in [6, 6.07) is 2.26. The molecule has 2 rings (SSSR count). The average Bonchev–Trinajstić information content (AvgIpc) is 2.98. The van der Waals surface area contributed by atoms with Gasteiger partial charge < -0.3 is 10.2 Å². The first-order valence-corrected chi connectivity index (χ1v) is 7.76. The Morgan fingerprint density at radius 2 is 2.18 bits per heavy atom. The molecule has 2 nitrogen and oxygen atoms in total. The molecule has 0 aliphatic carbocycles. The third-order valence-corrected chi connectivity index (χ3v) is 4.49. The number of rotatable bonds is 7. The molecule has 1 saturated heterocycles. The molecule has 0 amide bonds. The second-order valence-corrected chi connectivity index (χ2v) is 5.80. The molecule has 0 saturated carbocycles. The number of likely N-dealkylation sites (tertiary alicyclic amines) is 1. The lowest BCUT2D eigenvalue weighted by atomic mass is 10.2. The van der Waals surface area contributed by atoms with E-state index in [1.807, 2.05) is 11.3 Å². The zero-order valence-electron chi connectivity index (χ0n) is 10.9.